The van der Waals surface area contributed by atoms with E-state index in [9.17, 15) is 4.79 Å². The van der Waals surface area contributed by atoms with Gasteiger partial charge in [0, 0.05) is 31.4 Å². The molecule has 0 amide bonds. The first-order valence-corrected chi connectivity index (χ1v) is 4.70. The molecule has 0 aliphatic carbocycles. The highest BCUT2D eigenvalue weighted by Crippen LogP contribution is 2.16. The average Bonchev–Trinajstić information content (AvgIpc) is 2.50. The van der Waals surface area contributed by atoms with Gasteiger partial charge < -0.3 is 15.4 Å². The Labute approximate surface area is 83.3 Å². The quantitative estimate of drug-likeness (QED) is 0.745. The van der Waals surface area contributed by atoms with Gasteiger partial charge in [-0.25, -0.2) is 0 Å². The highest BCUT2D eigenvalue weighted by molar-refractivity contribution is 5.66. The second kappa shape index (κ2) is 4.81. The first kappa shape index (κ1) is 10.8. The highest BCUT2D eigenvalue weighted by Gasteiger charge is 2.09. The minimum absolute atomic E-state index is 0.0608. The number of nitrogens with two attached hydrogens (primary N) is 1. The Morgan fingerprint density at radius 1 is 1.71 bits per heavy atom. The van der Waals surface area contributed by atoms with Gasteiger partial charge in [0.2, 0.25) is 0 Å². The van der Waals surface area contributed by atoms with Crippen LogP contribution >= 0.6 is 0 Å². The Balaban J connectivity index is 2.39. The summed E-state index contributed by atoms with van der Waals surface area (Å²) in [6.07, 6.45) is 3.47. The van der Waals surface area contributed by atoms with E-state index in [0.29, 0.717) is 12.8 Å². The fourth-order valence-corrected chi connectivity index (χ4v) is 1.48. The molecule has 0 saturated heterocycles. The van der Waals surface area contributed by atoms with E-state index in [1.165, 1.54) is 0 Å². The fraction of sp³-hybridized carbons (Fsp3) is 0.500. The van der Waals surface area contributed by atoms with Gasteiger partial charge in [0.25, 0.3) is 0 Å². The molecule has 1 aromatic rings. The normalized spacial score (nSPS) is 12.7. The number of hydrogen-bond donors (Lipinski definition) is 2. The molecule has 1 heterocycles. The van der Waals surface area contributed by atoms with Gasteiger partial charge in [0.05, 0.1) is 0 Å². The van der Waals surface area contributed by atoms with Crippen LogP contribution in [-0.4, -0.2) is 15.6 Å². The number of nitrogens with zero attached hydrogens (tertiary/aromatic N) is 1. The summed E-state index contributed by atoms with van der Waals surface area (Å²) < 4.78 is 1.96. The molecule has 0 unspecified atom stereocenters. The second-order valence-electron chi connectivity index (χ2n) is 3.44. The zero-order valence-electron chi connectivity index (χ0n) is 8.31. The molecule has 0 aliphatic heterocycles. The van der Waals surface area contributed by atoms with Gasteiger partial charge in [-0.15, -0.1) is 0 Å². The molecule has 1 rings (SSSR count). The zero-order valence-corrected chi connectivity index (χ0v) is 8.31. The van der Waals surface area contributed by atoms with Crippen molar-refractivity contribution in [2.24, 2.45) is 12.8 Å². The molecule has 0 saturated carbocycles. The number of carboxylic acid groups (broad SMARTS) is 1. The molecule has 1 aromatic heterocycles. The molecule has 0 aliphatic rings. The van der Waals surface area contributed by atoms with Gasteiger partial charge in [0.1, 0.15) is 0 Å². The smallest absolute Gasteiger partial charge is 0.303 e. The largest absolute Gasteiger partial charge is 0.481 e. The van der Waals surface area contributed by atoms with Crippen molar-refractivity contribution in [3.05, 3.63) is 24.0 Å². The SMILES string of the molecule is Cn1cccc1[C@H](N)CCCC(=O)O. The van der Waals surface area contributed by atoms with E-state index >= 15 is 0 Å². The van der Waals surface area contributed by atoms with Crippen molar-refractivity contribution in [2.45, 2.75) is 25.3 Å². The number of carbonyl (C=O) groups is 1. The van der Waals surface area contributed by atoms with Crippen LogP contribution in [0.1, 0.15) is 31.0 Å². The van der Waals surface area contributed by atoms with Crippen molar-refractivity contribution in [1.29, 1.82) is 0 Å². The van der Waals surface area contributed by atoms with Crippen molar-refractivity contribution >= 4 is 5.97 Å². The zero-order chi connectivity index (χ0) is 10.6. The number of aryl methyl sites for hydroxylation is 1. The summed E-state index contributed by atoms with van der Waals surface area (Å²) in [7, 11) is 1.94. The van der Waals surface area contributed by atoms with Crippen LogP contribution in [0.3, 0.4) is 0 Å². The van der Waals surface area contributed by atoms with Crippen LogP contribution in [0.5, 0.6) is 0 Å². The molecule has 3 N–H and O–H groups in total. The number of aromatic nitrogens is 1. The van der Waals surface area contributed by atoms with E-state index < -0.39 is 5.97 Å². The maximum atomic E-state index is 10.3. The molecule has 4 nitrogen and oxygen atoms in total. The van der Waals surface area contributed by atoms with Crippen molar-refractivity contribution in [2.75, 3.05) is 0 Å². The van der Waals surface area contributed by atoms with Crippen LogP contribution in [0, 0.1) is 0 Å². The third kappa shape index (κ3) is 2.88. The van der Waals surface area contributed by atoms with Crippen LogP contribution in [-0.2, 0) is 11.8 Å². The van der Waals surface area contributed by atoms with E-state index in [2.05, 4.69) is 0 Å². The lowest BCUT2D eigenvalue weighted by Crippen LogP contribution is -2.14. The Morgan fingerprint density at radius 3 is 2.93 bits per heavy atom. The molecule has 0 aromatic carbocycles. The third-order valence-electron chi connectivity index (χ3n) is 2.27. The predicted octanol–water partition coefficient (Wildman–Crippen LogP) is 1.28. The minimum Gasteiger partial charge on any atom is -0.481 e. The molecular formula is C10H16N2O2. The van der Waals surface area contributed by atoms with Crippen LogP contribution < -0.4 is 5.73 Å². The topological polar surface area (TPSA) is 68.2 Å². The average molecular weight is 196 g/mol. The molecule has 0 bridgehead atoms. The summed E-state index contributed by atoms with van der Waals surface area (Å²) in [6, 6.07) is 3.84. The third-order valence-corrected chi connectivity index (χ3v) is 2.27. The first-order chi connectivity index (χ1) is 6.61. The molecule has 0 radical (unpaired) electrons. The molecular weight excluding hydrogens is 180 g/mol. The van der Waals surface area contributed by atoms with Gasteiger partial charge in [-0.3, -0.25) is 4.79 Å². The lowest BCUT2D eigenvalue weighted by molar-refractivity contribution is -0.137. The van der Waals surface area contributed by atoms with E-state index in [-0.39, 0.29) is 12.5 Å². The van der Waals surface area contributed by atoms with Crippen molar-refractivity contribution in [3.8, 4) is 0 Å². The van der Waals surface area contributed by atoms with E-state index in [4.69, 9.17) is 10.8 Å². The lowest BCUT2D eigenvalue weighted by atomic mass is 10.1. The summed E-state index contributed by atoms with van der Waals surface area (Å²) in [5.41, 5.74) is 6.96. The molecule has 78 valence electrons. The Hall–Kier alpha value is -1.29. The van der Waals surface area contributed by atoms with E-state index in [1.54, 1.807) is 0 Å². The summed E-state index contributed by atoms with van der Waals surface area (Å²) in [5.74, 6) is -0.760. The van der Waals surface area contributed by atoms with Crippen molar-refractivity contribution in [3.63, 3.8) is 0 Å². The number of hydrogen-bond acceptors (Lipinski definition) is 2. The Morgan fingerprint density at radius 2 is 2.43 bits per heavy atom. The Bertz CT molecular complexity index is 307. The summed E-state index contributed by atoms with van der Waals surface area (Å²) in [4.78, 5) is 10.3. The fourth-order valence-electron chi connectivity index (χ4n) is 1.48. The number of rotatable bonds is 5. The van der Waals surface area contributed by atoms with Crippen LogP contribution in [0.25, 0.3) is 0 Å². The predicted molar refractivity (Wildman–Crippen MR) is 53.8 cm³/mol. The second-order valence-corrected chi connectivity index (χ2v) is 3.44. The van der Waals surface area contributed by atoms with Gasteiger partial charge in [-0.05, 0) is 25.0 Å². The molecule has 0 spiro atoms. The van der Waals surface area contributed by atoms with Crippen molar-refractivity contribution in [1.82, 2.24) is 4.57 Å². The van der Waals surface area contributed by atoms with Crippen LogP contribution in [0.2, 0.25) is 0 Å². The molecule has 4 heteroatoms. The maximum absolute atomic E-state index is 10.3. The summed E-state index contributed by atoms with van der Waals surface area (Å²) >= 11 is 0. The lowest BCUT2D eigenvalue weighted by Gasteiger charge is -2.11. The maximum Gasteiger partial charge on any atom is 0.303 e. The van der Waals surface area contributed by atoms with Gasteiger partial charge >= 0.3 is 5.97 Å². The van der Waals surface area contributed by atoms with Crippen LogP contribution in [0.15, 0.2) is 18.3 Å². The Kier molecular flexibility index (Phi) is 3.71. The summed E-state index contributed by atoms with van der Waals surface area (Å²) in [6.45, 7) is 0. The minimum atomic E-state index is -0.760. The standard InChI is InChI=1S/C10H16N2O2/c1-12-7-3-5-9(12)8(11)4-2-6-10(13)14/h3,5,7-8H,2,4,6,11H2,1H3,(H,13,14)/t8-/m1/s1. The number of carboxylic acids is 1. The van der Waals surface area contributed by atoms with Crippen LogP contribution in [0.4, 0.5) is 0 Å². The van der Waals surface area contributed by atoms with Gasteiger partial charge in [-0.1, -0.05) is 0 Å². The van der Waals surface area contributed by atoms with E-state index in [1.807, 2.05) is 29.9 Å². The molecule has 0 fully saturated rings. The van der Waals surface area contributed by atoms with Crippen molar-refractivity contribution < 1.29 is 9.90 Å². The van der Waals surface area contributed by atoms with Gasteiger partial charge in [0.15, 0.2) is 0 Å². The van der Waals surface area contributed by atoms with Gasteiger partial charge in [-0.2, -0.15) is 0 Å². The molecule has 1 atom stereocenters. The monoisotopic (exact) mass is 196 g/mol. The number of aliphatic carboxylic acids is 1. The first-order valence-electron chi connectivity index (χ1n) is 4.70. The summed E-state index contributed by atoms with van der Waals surface area (Å²) in [5, 5.41) is 8.47. The highest BCUT2D eigenvalue weighted by atomic mass is 16.4. The molecule has 14 heavy (non-hydrogen) atoms. The van der Waals surface area contributed by atoms with E-state index in [0.717, 1.165) is 5.69 Å².